The molecule has 0 atom stereocenters. The summed E-state index contributed by atoms with van der Waals surface area (Å²) in [7, 11) is 0. The standard InChI is InChI=1S/C28H32F2N2O3/c1-2-7-24-26(22-10-6-11-23(29)27(22)30)28(21-8-4-3-5-9-21)31-32(24)16-19-12-14-20(15-13-19)17-35-18-25(33)34/h3-6,8-11,19-20H,2,7,12-18H2,1H3,(H,33,34)/t19-,20-. The molecular formula is C28H32F2N2O3. The third-order valence-electron chi connectivity index (χ3n) is 6.79. The van der Waals surface area contributed by atoms with Crippen LogP contribution in [0.2, 0.25) is 0 Å². The van der Waals surface area contributed by atoms with Gasteiger partial charge in [-0.3, -0.25) is 4.68 Å². The predicted molar refractivity (Wildman–Crippen MR) is 131 cm³/mol. The number of hydrogen-bond donors (Lipinski definition) is 1. The number of carbonyl (C=O) groups is 1. The van der Waals surface area contributed by atoms with Gasteiger partial charge in [-0.15, -0.1) is 0 Å². The molecule has 0 unspecified atom stereocenters. The van der Waals surface area contributed by atoms with E-state index in [0.29, 0.717) is 36.1 Å². The predicted octanol–water partition coefficient (Wildman–Crippen LogP) is 6.36. The minimum absolute atomic E-state index is 0.248. The van der Waals surface area contributed by atoms with Crippen molar-refractivity contribution in [1.82, 2.24) is 9.78 Å². The molecule has 1 aliphatic carbocycles. The van der Waals surface area contributed by atoms with Gasteiger partial charge in [0.1, 0.15) is 12.3 Å². The van der Waals surface area contributed by atoms with Crippen molar-refractivity contribution in [2.24, 2.45) is 11.8 Å². The van der Waals surface area contributed by atoms with Gasteiger partial charge in [0.05, 0.1) is 6.61 Å². The lowest BCUT2D eigenvalue weighted by Gasteiger charge is -2.28. The first-order valence-electron chi connectivity index (χ1n) is 12.4. The maximum absolute atomic E-state index is 15.0. The van der Waals surface area contributed by atoms with Crippen molar-refractivity contribution < 1.29 is 23.4 Å². The molecule has 35 heavy (non-hydrogen) atoms. The Balaban J connectivity index is 1.62. The van der Waals surface area contributed by atoms with E-state index in [0.717, 1.165) is 56.0 Å². The maximum atomic E-state index is 15.0. The summed E-state index contributed by atoms with van der Waals surface area (Å²) in [5.41, 5.74) is 3.40. The average Bonchev–Trinajstić information content (AvgIpc) is 3.20. The van der Waals surface area contributed by atoms with Crippen LogP contribution in [0.15, 0.2) is 48.5 Å². The van der Waals surface area contributed by atoms with Crippen molar-refractivity contribution in [3.63, 3.8) is 0 Å². The largest absolute Gasteiger partial charge is 0.480 e. The molecule has 0 aliphatic heterocycles. The van der Waals surface area contributed by atoms with Gasteiger partial charge in [0, 0.05) is 28.9 Å². The minimum Gasteiger partial charge on any atom is -0.480 e. The zero-order valence-electron chi connectivity index (χ0n) is 20.1. The average molecular weight is 483 g/mol. The van der Waals surface area contributed by atoms with Crippen LogP contribution in [-0.2, 0) is 22.5 Å². The van der Waals surface area contributed by atoms with Crippen molar-refractivity contribution in [3.05, 3.63) is 65.9 Å². The summed E-state index contributed by atoms with van der Waals surface area (Å²) in [6, 6.07) is 14.0. The second kappa shape index (κ2) is 11.6. The van der Waals surface area contributed by atoms with Crippen LogP contribution in [0.1, 0.15) is 44.7 Å². The van der Waals surface area contributed by atoms with E-state index in [1.54, 1.807) is 12.1 Å². The van der Waals surface area contributed by atoms with Crippen LogP contribution < -0.4 is 0 Å². The van der Waals surface area contributed by atoms with Gasteiger partial charge in [-0.25, -0.2) is 13.6 Å². The number of benzene rings is 2. The number of hydrogen-bond acceptors (Lipinski definition) is 3. The lowest BCUT2D eigenvalue weighted by molar-refractivity contribution is -0.142. The van der Waals surface area contributed by atoms with Gasteiger partial charge >= 0.3 is 5.97 Å². The van der Waals surface area contributed by atoms with Gasteiger partial charge in [-0.2, -0.15) is 5.10 Å². The highest BCUT2D eigenvalue weighted by atomic mass is 19.2. The van der Waals surface area contributed by atoms with Gasteiger partial charge in [-0.1, -0.05) is 55.8 Å². The van der Waals surface area contributed by atoms with E-state index < -0.39 is 17.6 Å². The third kappa shape index (κ3) is 5.96. The van der Waals surface area contributed by atoms with E-state index in [9.17, 15) is 9.18 Å². The Bertz CT molecular complexity index is 1140. The summed E-state index contributed by atoms with van der Waals surface area (Å²) < 4.78 is 36.5. The monoisotopic (exact) mass is 482 g/mol. The summed E-state index contributed by atoms with van der Waals surface area (Å²) in [5.74, 6) is -1.87. The fraction of sp³-hybridized carbons (Fsp3) is 0.429. The summed E-state index contributed by atoms with van der Waals surface area (Å²) in [6.45, 7) is 3.01. The van der Waals surface area contributed by atoms with Crippen molar-refractivity contribution in [3.8, 4) is 22.4 Å². The molecule has 1 aromatic heterocycles. The first kappa shape index (κ1) is 25.0. The molecule has 186 valence electrons. The molecule has 0 radical (unpaired) electrons. The van der Waals surface area contributed by atoms with Gasteiger partial charge in [0.15, 0.2) is 11.6 Å². The summed E-state index contributed by atoms with van der Waals surface area (Å²) in [4.78, 5) is 10.7. The Labute approximate surface area is 204 Å². The van der Waals surface area contributed by atoms with Crippen LogP contribution in [0.4, 0.5) is 8.78 Å². The minimum atomic E-state index is -0.944. The Morgan fingerprint density at radius 3 is 2.46 bits per heavy atom. The lowest BCUT2D eigenvalue weighted by Crippen LogP contribution is -2.23. The zero-order chi connectivity index (χ0) is 24.8. The Morgan fingerprint density at radius 1 is 1.06 bits per heavy atom. The molecule has 1 fully saturated rings. The number of carboxylic acid groups (broad SMARTS) is 1. The smallest absolute Gasteiger partial charge is 0.329 e. The van der Waals surface area contributed by atoms with E-state index in [1.807, 2.05) is 35.0 Å². The van der Waals surface area contributed by atoms with Crippen molar-refractivity contribution in [2.45, 2.75) is 52.0 Å². The fourth-order valence-electron chi connectivity index (χ4n) is 5.05. The topological polar surface area (TPSA) is 64.4 Å². The molecule has 1 saturated carbocycles. The molecule has 1 aliphatic rings. The molecule has 2 aromatic carbocycles. The number of carboxylic acids is 1. The Kier molecular flexibility index (Phi) is 8.29. The van der Waals surface area contributed by atoms with Crippen molar-refractivity contribution in [1.29, 1.82) is 0 Å². The van der Waals surface area contributed by atoms with Crippen LogP contribution >= 0.6 is 0 Å². The second-order valence-corrected chi connectivity index (χ2v) is 9.37. The molecule has 0 saturated heterocycles. The molecule has 0 amide bonds. The van der Waals surface area contributed by atoms with Gasteiger partial charge in [0.2, 0.25) is 0 Å². The first-order valence-corrected chi connectivity index (χ1v) is 12.4. The maximum Gasteiger partial charge on any atom is 0.329 e. The van der Waals surface area contributed by atoms with Crippen molar-refractivity contribution in [2.75, 3.05) is 13.2 Å². The highest BCUT2D eigenvalue weighted by Crippen LogP contribution is 2.38. The van der Waals surface area contributed by atoms with Gasteiger partial charge in [0.25, 0.3) is 0 Å². The van der Waals surface area contributed by atoms with Gasteiger partial charge < -0.3 is 9.84 Å². The Hall–Kier alpha value is -3.06. The summed E-state index contributed by atoms with van der Waals surface area (Å²) in [5, 5.41) is 13.7. The summed E-state index contributed by atoms with van der Waals surface area (Å²) in [6.07, 6.45) is 5.52. The van der Waals surface area contributed by atoms with E-state index in [1.165, 1.54) is 0 Å². The second-order valence-electron chi connectivity index (χ2n) is 9.37. The number of nitrogens with zero attached hydrogens (tertiary/aromatic N) is 2. The Morgan fingerprint density at radius 2 is 1.77 bits per heavy atom. The highest BCUT2D eigenvalue weighted by Gasteiger charge is 2.27. The molecule has 5 nitrogen and oxygen atoms in total. The fourth-order valence-corrected chi connectivity index (χ4v) is 5.05. The van der Waals surface area contributed by atoms with Crippen LogP contribution in [0.5, 0.6) is 0 Å². The SMILES string of the molecule is CCCc1c(-c2cccc(F)c2F)c(-c2ccccc2)nn1C[C@H]1CC[C@H](COCC(=O)O)CC1. The molecule has 7 heteroatoms. The molecule has 1 N–H and O–H groups in total. The van der Waals surface area contributed by atoms with E-state index in [2.05, 4.69) is 6.92 Å². The van der Waals surface area contributed by atoms with E-state index in [4.69, 9.17) is 14.9 Å². The zero-order valence-corrected chi connectivity index (χ0v) is 20.1. The van der Waals surface area contributed by atoms with Crippen LogP contribution in [0.3, 0.4) is 0 Å². The van der Waals surface area contributed by atoms with Gasteiger partial charge in [-0.05, 0) is 50.0 Å². The number of aliphatic carboxylic acids is 1. The summed E-state index contributed by atoms with van der Waals surface area (Å²) >= 11 is 0. The van der Waals surface area contributed by atoms with E-state index in [-0.39, 0.29) is 12.2 Å². The molecular weight excluding hydrogens is 450 g/mol. The molecule has 0 bridgehead atoms. The first-order chi connectivity index (χ1) is 17.0. The molecule has 0 spiro atoms. The third-order valence-corrected chi connectivity index (χ3v) is 6.79. The quantitative estimate of drug-likeness (QED) is 0.365. The molecule has 4 rings (SSSR count). The number of aromatic nitrogens is 2. The van der Waals surface area contributed by atoms with Crippen molar-refractivity contribution >= 4 is 5.97 Å². The van der Waals surface area contributed by atoms with Crippen LogP contribution in [0.25, 0.3) is 22.4 Å². The lowest BCUT2D eigenvalue weighted by atomic mass is 9.82. The van der Waals surface area contributed by atoms with Crippen LogP contribution in [-0.4, -0.2) is 34.1 Å². The number of rotatable bonds is 10. The number of halogens is 2. The van der Waals surface area contributed by atoms with E-state index >= 15 is 4.39 Å². The number of ether oxygens (including phenoxy) is 1. The molecule has 3 aromatic rings. The van der Waals surface area contributed by atoms with Crippen LogP contribution in [0, 0.1) is 23.5 Å². The molecule has 1 heterocycles. The highest BCUT2D eigenvalue weighted by molar-refractivity contribution is 5.83. The normalized spacial score (nSPS) is 18.0.